The molecule has 0 fully saturated rings. The minimum atomic E-state index is -0.497. The third-order valence-electron chi connectivity index (χ3n) is 3.90. The number of H-pyrrole nitrogens is 1. The number of aromatic nitrogens is 2. The lowest BCUT2D eigenvalue weighted by atomic mass is 10.1. The molecule has 0 bridgehead atoms. The van der Waals surface area contributed by atoms with Gasteiger partial charge in [-0.2, -0.15) is 0 Å². The highest BCUT2D eigenvalue weighted by Gasteiger charge is 2.17. The van der Waals surface area contributed by atoms with Crippen molar-refractivity contribution in [3.05, 3.63) is 65.0 Å². The summed E-state index contributed by atoms with van der Waals surface area (Å²) < 4.78 is 5.14. The van der Waals surface area contributed by atoms with Crippen molar-refractivity contribution in [3.8, 4) is 22.8 Å². The second-order valence-electron chi connectivity index (χ2n) is 5.96. The molecule has 1 amide bonds. The van der Waals surface area contributed by atoms with Crippen LogP contribution in [0.3, 0.4) is 0 Å². The molecule has 8 heteroatoms. The maximum atomic E-state index is 12.4. The van der Waals surface area contributed by atoms with Crippen molar-refractivity contribution in [1.29, 1.82) is 0 Å². The van der Waals surface area contributed by atoms with E-state index in [1.165, 1.54) is 18.2 Å². The molecule has 144 valence electrons. The van der Waals surface area contributed by atoms with Gasteiger partial charge in [-0.3, -0.25) is 9.59 Å². The molecule has 0 saturated heterocycles. The Morgan fingerprint density at radius 1 is 1.18 bits per heavy atom. The molecule has 0 aliphatic rings. The summed E-state index contributed by atoms with van der Waals surface area (Å²) in [5, 5.41) is 11.9. The Bertz CT molecular complexity index is 1020. The first-order chi connectivity index (χ1) is 13.4. The van der Waals surface area contributed by atoms with Crippen molar-refractivity contribution in [2.24, 2.45) is 0 Å². The quantitative estimate of drug-likeness (QED) is 0.335. The molecule has 1 aromatic heterocycles. The van der Waals surface area contributed by atoms with E-state index in [0.717, 1.165) is 17.3 Å². The van der Waals surface area contributed by atoms with Crippen LogP contribution in [0.4, 0.5) is 5.69 Å². The highest BCUT2D eigenvalue weighted by molar-refractivity contribution is 8.00. The molecule has 1 unspecified atom stereocenters. The summed E-state index contributed by atoms with van der Waals surface area (Å²) in [5.41, 5.74) is 1.56. The maximum Gasteiger partial charge on any atom is 0.252 e. The normalized spacial score (nSPS) is 11.6. The standard InChI is InChI=1S/C20H19N3O4S/c1-12(19(26)21-14-5-7-15(24)8-6-14)28-20-22-17(11-18(25)23-20)13-3-9-16(27-2)10-4-13/h3-12,24H,1-2H3,(H,21,26)(H,22,23,25). The lowest BCUT2D eigenvalue weighted by molar-refractivity contribution is -0.115. The van der Waals surface area contributed by atoms with Crippen LogP contribution in [0, 0.1) is 0 Å². The number of nitrogens with one attached hydrogen (secondary N) is 2. The van der Waals surface area contributed by atoms with Gasteiger partial charge in [0.05, 0.1) is 18.1 Å². The van der Waals surface area contributed by atoms with E-state index in [4.69, 9.17) is 4.74 Å². The minimum Gasteiger partial charge on any atom is -0.508 e. The van der Waals surface area contributed by atoms with E-state index in [-0.39, 0.29) is 17.2 Å². The number of thioether (sulfide) groups is 1. The number of aromatic hydroxyl groups is 1. The molecule has 3 aromatic rings. The Labute approximate surface area is 165 Å². The summed E-state index contributed by atoms with van der Waals surface area (Å²) in [6.45, 7) is 1.72. The Morgan fingerprint density at radius 3 is 2.50 bits per heavy atom. The summed E-state index contributed by atoms with van der Waals surface area (Å²) in [4.78, 5) is 31.5. The van der Waals surface area contributed by atoms with Crippen molar-refractivity contribution < 1.29 is 14.6 Å². The summed E-state index contributed by atoms with van der Waals surface area (Å²) >= 11 is 1.15. The van der Waals surface area contributed by atoms with Crippen molar-refractivity contribution >= 4 is 23.4 Å². The first kappa shape index (κ1) is 19.5. The number of phenolic OH excluding ortho intramolecular Hbond substituents is 1. The fraction of sp³-hybridized carbons (Fsp3) is 0.150. The molecule has 0 aliphatic carbocycles. The van der Waals surface area contributed by atoms with E-state index >= 15 is 0 Å². The van der Waals surface area contributed by atoms with E-state index in [1.807, 2.05) is 12.1 Å². The van der Waals surface area contributed by atoms with Crippen LogP contribution >= 0.6 is 11.8 Å². The summed E-state index contributed by atoms with van der Waals surface area (Å²) in [7, 11) is 1.58. The van der Waals surface area contributed by atoms with Crippen molar-refractivity contribution in [3.63, 3.8) is 0 Å². The zero-order chi connectivity index (χ0) is 20.1. The Balaban J connectivity index is 1.74. The number of rotatable bonds is 6. The number of methoxy groups -OCH3 is 1. The molecular weight excluding hydrogens is 378 g/mol. The number of anilines is 1. The number of hydrogen-bond acceptors (Lipinski definition) is 6. The largest absolute Gasteiger partial charge is 0.508 e. The summed E-state index contributed by atoms with van der Waals surface area (Å²) in [5.74, 6) is 0.591. The molecule has 0 spiro atoms. The predicted octanol–water partition coefficient (Wildman–Crippen LogP) is 3.27. The van der Waals surface area contributed by atoms with E-state index in [1.54, 1.807) is 38.3 Å². The van der Waals surface area contributed by atoms with Crippen molar-refractivity contribution in [2.45, 2.75) is 17.3 Å². The maximum absolute atomic E-state index is 12.4. The molecule has 1 atom stereocenters. The second kappa shape index (κ2) is 8.62. The second-order valence-corrected chi connectivity index (χ2v) is 7.29. The molecule has 2 aromatic carbocycles. The monoisotopic (exact) mass is 397 g/mol. The van der Waals surface area contributed by atoms with Crippen LogP contribution in [0.25, 0.3) is 11.3 Å². The molecule has 0 saturated carbocycles. The zero-order valence-corrected chi connectivity index (χ0v) is 16.1. The van der Waals surface area contributed by atoms with Crippen LogP contribution in [-0.4, -0.2) is 33.3 Å². The lowest BCUT2D eigenvalue weighted by Crippen LogP contribution is -2.23. The van der Waals surface area contributed by atoms with Crippen molar-refractivity contribution in [1.82, 2.24) is 9.97 Å². The van der Waals surface area contributed by atoms with Gasteiger partial charge in [-0.1, -0.05) is 11.8 Å². The molecule has 1 heterocycles. The van der Waals surface area contributed by atoms with Crippen LogP contribution in [0.1, 0.15) is 6.92 Å². The van der Waals surface area contributed by atoms with E-state index in [2.05, 4.69) is 15.3 Å². The number of ether oxygens (including phenoxy) is 1. The van der Waals surface area contributed by atoms with Gasteiger partial charge in [-0.05, 0) is 55.5 Å². The Kier molecular flexibility index (Phi) is 6.00. The van der Waals surface area contributed by atoms with Gasteiger partial charge in [-0.15, -0.1) is 0 Å². The summed E-state index contributed by atoms with van der Waals surface area (Å²) in [6.07, 6.45) is 0. The topological polar surface area (TPSA) is 104 Å². The van der Waals surface area contributed by atoms with E-state index in [9.17, 15) is 14.7 Å². The number of aromatic amines is 1. The van der Waals surface area contributed by atoms with Gasteiger partial charge < -0.3 is 20.1 Å². The average Bonchev–Trinajstić information content (AvgIpc) is 2.69. The summed E-state index contributed by atoms with van der Waals surface area (Å²) in [6, 6.07) is 14.8. The smallest absolute Gasteiger partial charge is 0.252 e. The number of carbonyl (C=O) groups is 1. The van der Waals surface area contributed by atoms with Gasteiger partial charge in [-0.25, -0.2) is 4.98 Å². The Hall–Kier alpha value is -3.26. The zero-order valence-electron chi connectivity index (χ0n) is 15.3. The Morgan fingerprint density at radius 2 is 1.86 bits per heavy atom. The third kappa shape index (κ3) is 4.92. The highest BCUT2D eigenvalue weighted by atomic mass is 32.2. The molecule has 3 rings (SSSR count). The molecule has 7 nitrogen and oxygen atoms in total. The molecule has 28 heavy (non-hydrogen) atoms. The van der Waals surface area contributed by atoms with Gasteiger partial charge in [0.15, 0.2) is 5.16 Å². The molecule has 0 aliphatic heterocycles. The van der Waals surface area contributed by atoms with Crippen LogP contribution in [0.15, 0.2) is 64.5 Å². The predicted molar refractivity (Wildman–Crippen MR) is 109 cm³/mol. The van der Waals surface area contributed by atoms with Crippen LogP contribution in [0.5, 0.6) is 11.5 Å². The van der Waals surface area contributed by atoms with Crippen LogP contribution in [0.2, 0.25) is 0 Å². The number of hydrogen-bond donors (Lipinski definition) is 3. The third-order valence-corrected chi connectivity index (χ3v) is 4.88. The van der Waals surface area contributed by atoms with Gasteiger partial charge >= 0.3 is 0 Å². The van der Waals surface area contributed by atoms with Gasteiger partial charge in [0, 0.05) is 17.3 Å². The van der Waals surface area contributed by atoms with Gasteiger partial charge in [0.2, 0.25) is 5.91 Å². The number of amides is 1. The SMILES string of the molecule is COc1ccc(-c2cc(=O)[nH]c(SC(C)C(=O)Nc3ccc(O)cc3)n2)cc1. The average molecular weight is 397 g/mol. The minimum absolute atomic E-state index is 0.123. The number of nitrogens with zero attached hydrogens (tertiary/aromatic N) is 1. The molecule has 0 radical (unpaired) electrons. The van der Waals surface area contributed by atoms with E-state index in [0.29, 0.717) is 22.3 Å². The van der Waals surface area contributed by atoms with E-state index < -0.39 is 5.25 Å². The lowest BCUT2D eigenvalue weighted by Gasteiger charge is -2.12. The van der Waals surface area contributed by atoms with Gasteiger partial charge in [0.1, 0.15) is 11.5 Å². The fourth-order valence-corrected chi connectivity index (χ4v) is 3.22. The first-order valence-corrected chi connectivity index (χ1v) is 9.35. The number of carbonyl (C=O) groups excluding carboxylic acids is 1. The van der Waals surface area contributed by atoms with Crippen molar-refractivity contribution in [2.75, 3.05) is 12.4 Å². The van der Waals surface area contributed by atoms with Crippen LogP contribution < -0.4 is 15.6 Å². The first-order valence-electron chi connectivity index (χ1n) is 8.47. The fourth-order valence-electron chi connectivity index (χ4n) is 2.41. The molecular formula is C20H19N3O4S. The molecule has 3 N–H and O–H groups in total. The van der Waals surface area contributed by atoms with Crippen LogP contribution in [-0.2, 0) is 4.79 Å². The number of phenols is 1. The number of benzene rings is 2. The van der Waals surface area contributed by atoms with Gasteiger partial charge in [0.25, 0.3) is 5.56 Å². The highest BCUT2D eigenvalue weighted by Crippen LogP contribution is 2.24.